The largest absolute Gasteiger partial charge is 0.198 e. The summed E-state index contributed by atoms with van der Waals surface area (Å²) in [4.78, 5) is 0. The number of nitrogens with zero attached hydrogens (tertiary/aromatic N) is 1. The van der Waals surface area contributed by atoms with Gasteiger partial charge in [0, 0.05) is 10.4 Å². The minimum Gasteiger partial charge on any atom is -0.198 e. The Hall–Kier alpha value is -0.520. The molecule has 0 bridgehead atoms. The maximum absolute atomic E-state index is 8.81. The van der Waals surface area contributed by atoms with Gasteiger partial charge in [-0.3, -0.25) is 0 Å². The Morgan fingerprint density at radius 3 is 2.79 bits per heavy atom. The molecule has 0 spiro atoms. The van der Waals surface area contributed by atoms with E-state index in [4.69, 9.17) is 16.9 Å². The van der Waals surface area contributed by atoms with Crippen LogP contribution in [-0.2, 0) is 6.42 Å². The Balaban J connectivity index is 2.82. The molecule has 0 heterocycles. The molecule has 74 valence electrons. The van der Waals surface area contributed by atoms with Crippen LogP contribution in [0.25, 0.3) is 0 Å². The second-order valence-electron chi connectivity index (χ2n) is 3.28. The number of aryl methyl sites for hydroxylation is 1. The predicted octanol–water partition coefficient (Wildman–Crippen LogP) is 3.73. The third-order valence-corrected chi connectivity index (χ3v) is 3.18. The molecular weight excluding hydrogens is 261 g/mol. The van der Waals surface area contributed by atoms with E-state index in [9.17, 15) is 0 Å². The third-order valence-electron chi connectivity index (χ3n) is 2.04. The first-order valence-electron chi connectivity index (χ1n) is 4.38. The van der Waals surface area contributed by atoms with E-state index in [2.05, 4.69) is 22.0 Å². The summed E-state index contributed by atoms with van der Waals surface area (Å²) in [5.74, 6) is -0.00444. The standard InChI is InChI=1S/C11H11BrClN/c1-8-2-3-10(11(13)4-8)5-9(6-12)7-14/h2-4,9H,5-6H2,1H3. The molecule has 0 radical (unpaired) electrons. The fourth-order valence-electron chi connectivity index (χ4n) is 1.22. The lowest BCUT2D eigenvalue weighted by Crippen LogP contribution is -2.03. The number of halogens is 2. The Kier molecular flexibility index (Phi) is 4.44. The first kappa shape index (κ1) is 11.6. The summed E-state index contributed by atoms with van der Waals surface area (Å²) in [6, 6.07) is 8.18. The number of rotatable bonds is 3. The van der Waals surface area contributed by atoms with Gasteiger partial charge in [-0.25, -0.2) is 0 Å². The summed E-state index contributed by atoms with van der Waals surface area (Å²) < 4.78 is 0. The van der Waals surface area contributed by atoms with Crippen molar-refractivity contribution in [1.29, 1.82) is 5.26 Å². The van der Waals surface area contributed by atoms with Gasteiger partial charge in [0.2, 0.25) is 0 Å². The summed E-state index contributed by atoms with van der Waals surface area (Å²) in [5.41, 5.74) is 2.19. The van der Waals surface area contributed by atoms with Gasteiger partial charge in [0.1, 0.15) is 0 Å². The van der Waals surface area contributed by atoms with E-state index in [1.165, 1.54) is 0 Å². The van der Waals surface area contributed by atoms with Gasteiger partial charge in [0.25, 0.3) is 0 Å². The lowest BCUT2D eigenvalue weighted by Gasteiger charge is -2.07. The second-order valence-corrected chi connectivity index (χ2v) is 4.33. The Bertz CT molecular complexity index is 357. The molecule has 1 atom stereocenters. The fraction of sp³-hybridized carbons (Fsp3) is 0.364. The molecule has 1 aromatic rings. The Labute approximate surface area is 97.8 Å². The fourth-order valence-corrected chi connectivity index (χ4v) is 1.90. The predicted molar refractivity (Wildman–Crippen MR) is 62.8 cm³/mol. The van der Waals surface area contributed by atoms with Crippen molar-refractivity contribution < 1.29 is 0 Å². The van der Waals surface area contributed by atoms with Crippen molar-refractivity contribution in [1.82, 2.24) is 0 Å². The number of hydrogen-bond donors (Lipinski definition) is 0. The highest BCUT2D eigenvalue weighted by Gasteiger charge is 2.09. The van der Waals surface area contributed by atoms with Gasteiger partial charge in [-0.05, 0) is 30.5 Å². The zero-order valence-electron chi connectivity index (χ0n) is 7.93. The van der Waals surface area contributed by atoms with Crippen molar-refractivity contribution >= 4 is 27.5 Å². The molecule has 0 amide bonds. The van der Waals surface area contributed by atoms with Crippen LogP contribution in [-0.4, -0.2) is 5.33 Å². The van der Waals surface area contributed by atoms with Crippen LogP contribution < -0.4 is 0 Å². The van der Waals surface area contributed by atoms with Gasteiger partial charge in [-0.15, -0.1) is 0 Å². The molecule has 0 saturated heterocycles. The van der Waals surface area contributed by atoms with E-state index >= 15 is 0 Å². The maximum atomic E-state index is 8.81. The molecule has 0 N–H and O–H groups in total. The van der Waals surface area contributed by atoms with Gasteiger partial charge in [-0.2, -0.15) is 5.26 Å². The highest BCUT2D eigenvalue weighted by molar-refractivity contribution is 9.09. The summed E-state index contributed by atoms with van der Waals surface area (Å²) >= 11 is 9.37. The van der Waals surface area contributed by atoms with E-state index in [1.807, 2.05) is 25.1 Å². The van der Waals surface area contributed by atoms with Gasteiger partial charge < -0.3 is 0 Å². The molecule has 1 nitrogen and oxygen atoms in total. The summed E-state index contributed by atoms with van der Waals surface area (Å²) in [5, 5.41) is 10.3. The summed E-state index contributed by atoms with van der Waals surface area (Å²) in [7, 11) is 0. The topological polar surface area (TPSA) is 23.8 Å². The molecule has 1 rings (SSSR count). The number of nitriles is 1. The van der Waals surface area contributed by atoms with Gasteiger partial charge in [0.05, 0.1) is 12.0 Å². The Morgan fingerprint density at radius 2 is 2.29 bits per heavy atom. The first-order chi connectivity index (χ1) is 6.67. The van der Waals surface area contributed by atoms with Crippen molar-refractivity contribution in [2.45, 2.75) is 13.3 Å². The number of alkyl halides is 1. The molecule has 0 aliphatic heterocycles. The normalized spacial score (nSPS) is 12.1. The van der Waals surface area contributed by atoms with E-state index in [0.717, 1.165) is 16.1 Å². The molecule has 3 heteroatoms. The SMILES string of the molecule is Cc1ccc(CC(C#N)CBr)c(Cl)c1. The van der Waals surface area contributed by atoms with E-state index in [-0.39, 0.29) is 5.92 Å². The van der Waals surface area contributed by atoms with E-state index in [0.29, 0.717) is 11.8 Å². The number of hydrogen-bond acceptors (Lipinski definition) is 1. The molecule has 1 unspecified atom stereocenters. The van der Waals surface area contributed by atoms with Crippen LogP contribution >= 0.6 is 27.5 Å². The molecule has 14 heavy (non-hydrogen) atoms. The zero-order valence-corrected chi connectivity index (χ0v) is 10.3. The van der Waals surface area contributed by atoms with Crippen LogP contribution in [0.2, 0.25) is 5.02 Å². The smallest absolute Gasteiger partial charge is 0.0668 e. The zero-order chi connectivity index (χ0) is 10.6. The van der Waals surface area contributed by atoms with E-state index < -0.39 is 0 Å². The van der Waals surface area contributed by atoms with Gasteiger partial charge in [0.15, 0.2) is 0 Å². The van der Waals surface area contributed by atoms with Crippen molar-refractivity contribution in [3.05, 3.63) is 34.3 Å². The summed E-state index contributed by atoms with van der Waals surface area (Å²) in [6.45, 7) is 2.00. The highest BCUT2D eigenvalue weighted by Crippen LogP contribution is 2.21. The van der Waals surface area contributed by atoms with Crippen LogP contribution in [0.1, 0.15) is 11.1 Å². The Morgan fingerprint density at radius 1 is 1.57 bits per heavy atom. The van der Waals surface area contributed by atoms with Crippen LogP contribution in [0.4, 0.5) is 0 Å². The van der Waals surface area contributed by atoms with Crippen LogP contribution in [0.3, 0.4) is 0 Å². The average Bonchev–Trinajstić information content (AvgIpc) is 2.17. The second kappa shape index (κ2) is 5.38. The van der Waals surface area contributed by atoms with E-state index in [1.54, 1.807) is 0 Å². The molecule has 0 fully saturated rings. The minimum absolute atomic E-state index is 0.00444. The molecule has 0 aromatic heterocycles. The average molecular weight is 273 g/mol. The first-order valence-corrected chi connectivity index (χ1v) is 5.88. The monoisotopic (exact) mass is 271 g/mol. The molecule has 0 aliphatic rings. The number of benzene rings is 1. The van der Waals surface area contributed by atoms with Crippen LogP contribution in [0.5, 0.6) is 0 Å². The molecular formula is C11H11BrClN. The highest BCUT2D eigenvalue weighted by atomic mass is 79.9. The maximum Gasteiger partial charge on any atom is 0.0668 e. The quantitative estimate of drug-likeness (QED) is 0.769. The van der Waals surface area contributed by atoms with Crippen LogP contribution in [0.15, 0.2) is 18.2 Å². The lowest BCUT2D eigenvalue weighted by atomic mass is 10.0. The molecule has 0 aliphatic carbocycles. The lowest BCUT2D eigenvalue weighted by molar-refractivity contribution is 0.756. The van der Waals surface area contributed by atoms with Crippen molar-refractivity contribution in [2.24, 2.45) is 5.92 Å². The molecule has 1 aromatic carbocycles. The van der Waals surface area contributed by atoms with Crippen molar-refractivity contribution in [3.63, 3.8) is 0 Å². The van der Waals surface area contributed by atoms with Crippen molar-refractivity contribution in [3.8, 4) is 6.07 Å². The third kappa shape index (κ3) is 3.01. The van der Waals surface area contributed by atoms with Gasteiger partial charge >= 0.3 is 0 Å². The minimum atomic E-state index is -0.00444. The van der Waals surface area contributed by atoms with Crippen LogP contribution in [0, 0.1) is 24.2 Å². The molecule has 0 saturated carbocycles. The summed E-state index contributed by atoms with van der Waals surface area (Å²) in [6.07, 6.45) is 0.709. The van der Waals surface area contributed by atoms with Crippen molar-refractivity contribution in [2.75, 3.05) is 5.33 Å². The van der Waals surface area contributed by atoms with Gasteiger partial charge in [-0.1, -0.05) is 39.7 Å².